The highest BCUT2D eigenvalue weighted by Crippen LogP contribution is 2.27. The van der Waals surface area contributed by atoms with Crippen molar-refractivity contribution in [3.8, 4) is 5.75 Å². The number of ether oxygens (including phenoxy) is 1. The van der Waals surface area contributed by atoms with Crippen molar-refractivity contribution in [1.82, 2.24) is 14.9 Å². The fourth-order valence-electron chi connectivity index (χ4n) is 4.59. The van der Waals surface area contributed by atoms with Crippen LogP contribution in [0.3, 0.4) is 0 Å². The Morgan fingerprint density at radius 2 is 2.00 bits per heavy atom. The van der Waals surface area contributed by atoms with Crippen molar-refractivity contribution in [2.75, 3.05) is 11.5 Å². The quantitative estimate of drug-likeness (QED) is 0.519. The lowest BCUT2D eigenvalue weighted by atomic mass is 9.93. The van der Waals surface area contributed by atoms with E-state index >= 15 is 0 Å². The van der Waals surface area contributed by atoms with Gasteiger partial charge in [-0.05, 0) is 61.4 Å². The molecule has 1 saturated heterocycles. The van der Waals surface area contributed by atoms with Crippen molar-refractivity contribution >= 4 is 32.9 Å². The van der Waals surface area contributed by atoms with Crippen LogP contribution in [0.1, 0.15) is 46.7 Å². The molecule has 35 heavy (non-hydrogen) atoms. The minimum Gasteiger partial charge on any atom is -0.486 e. The lowest BCUT2D eigenvalue weighted by Crippen LogP contribution is -2.37. The van der Waals surface area contributed by atoms with E-state index in [1.165, 1.54) is 17.2 Å². The van der Waals surface area contributed by atoms with Crippen LogP contribution in [0.2, 0.25) is 0 Å². The highest BCUT2D eigenvalue weighted by atomic mass is 32.2. The Bertz CT molecular complexity index is 1410. The molecule has 1 N–H and O–H groups in total. The van der Waals surface area contributed by atoms with Crippen molar-refractivity contribution in [1.29, 1.82) is 0 Å². The van der Waals surface area contributed by atoms with Crippen LogP contribution in [-0.4, -0.2) is 35.5 Å². The van der Waals surface area contributed by atoms with Gasteiger partial charge in [-0.2, -0.15) is 0 Å². The number of aromatic nitrogens is 2. The zero-order valence-electron chi connectivity index (χ0n) is 19.7. The van der Waals surface area contributed by atoms with E-state index in [9.17, 15) is 13.2 Å². The third-order valence-corrected chi connectivity index (χ3v) is 9.21. The summed E-state index contributed by atoms with van der Waals surface area (Å²) in [5.74, 6) is 1.10. The van der Waals surface area contributed by atoms with Crippen molar-refractivity contribution < 1.29 is 13.2 Å². The van der Waals surface area contributed by atoms with Gasteiger partial charge < -0.3 is 10.1 Å². The van der Waals surface area contributed by atoms with Crippen molar-refractivity contribution in [2.45, 2.75) is 51.8 Å². The fraction of sp³-hybridized carbons (Fsp3) is 0.385. The topological polar surface area (TPSA) is 90.3 Å². The Balaban J connectivity index is 1.22. The van der Waals surface area contributed by atoms with Crippen LogP contribution in [0.5, 0.6) is 5.75 Å². The van der Waals surface area contributed by atoms with Gasteiger partial charge in [0.1, 0.15) is 27.2 Å². The van der Waals surface area contributed by atoms with Gasteiger partial charge in [0.25, 0.3) is 5.56 Å². The normalized spacial score (nSPS) is 17.6. The lowest BCUT2D eigenvalue weighted by molar-refractivity contribution is 0.304. The molecule has 0 bridgehead atoms. The zero-order valence-corrected chi connectivity index (χ0v) is 21.3. The number of nitrogens with one attached hydrogen (secondary N) is 1. The number of hydrogen-bond donors (Lipinski definition) is 1. The summed E-state index contributed by atoms with van der Waals surface area (Å²) in [7, 11) is -2.84. The summed E-state index contributed by atoms with van der Waals surface area (Å²) < 4.78 is 30.7. The van der Waals surface area contributed by atoms with Crippen LogP contribution in [0.15, 0.2) is 46.7 Å². The standard InChI is InChI=1S/C26H29N3O4S2/c1-18-17-34-25(28-18)16-33-24-6-9-29(26(30)14-24)23-5-4-20-12-19(2-3-21(20)13-23)15-27-22-7-10-35(31,32)11-8-22/h2-3,6,9,12-14,17,22,27H,4-5,7-8,10-11,15-16H2,1H3. The molecular weight excluding hydrogens is 482 g/mol. The lowest BCUT2D eigenvalue weighted by Gasteiger charge is -2.24. The molecule has 2 aliphatic rings. The van der Waals surface area contributed by atoms with E-state index < -0.39 is 9.84 Å². The summed E-state index contributed by atoms with van der Waals surface area (Å²) >= 11 is 1.55. The molecule has 0 atom stereocenters. The monoisotopic (exact) mass is 511 g/mol. The molecule has 1 aromatic carbocycles. The fourth-order valence-corrected chi connectivity index (χ4v) is 6.76. The minimum absolute atomic E-state index is 0.108. The molecule has 7 nitrogen and oxygen atoms in total. The molecule has 3 aromatic rings. The van der Waals surface area contributed by atoms with E-state index in [0.717, 1.165) is 41.3 Å². The van der Waals surface area contributed by atoms with Gasteiger partial charge >= 0.3 is 0 Å². The summed E-state index contributed by atoms with van der Waals surface area (Å²) in [4.78, 5) is 17.2. The van der Waals surface area contributed by atoms with E-state index in [1.807, 2.05) is 18.4 Å². The summed E-state index contributed by atoms with van der Waals surface area (Å²) in [5.41, 5.74) is 5.43. The van der Waals surface area contributed by atoms with Crippen LogP contribution in [-0.2, 0) is 29.4 Å². The maximum Gasteiger partial charge on any atom is 0.258 e. The average molecular weight is 512 g/mol. The number of hydrogen-bond acceptors (Lipinski definition) is 7. The van der Waals surface area contributed by atoms with Crippen molar-refractivity contribution in [3.05, 3.63) is 79.7 Å². The SMILES string of the molecule is Cc1csc(COc2ccn(C3=Cc4ccc(CNC5CCS(=O)(=O)CC5)cc4CC3)c(=O)c2)n1. The number of benzene rings is 1. The van der Waals surface area contributed by atoms with Crippen LogP contribution < -0.4 is 15.6 Å². The maximum absolute atomic E-state index is 12.8. The Labute approximate surface area is 209 Å². The number of sulfone groups is 1. The molecule has 0 spiro atoms. The van der Waals surface area contributed by atoms with Gasteiger partial charge in [0.2, 0.25) is 0 Å². The number of rotatable bonds is 7. The second-order valence-electron chi connectivity index (χ2n) is 9.22. The first-order valence-electron chi connectivity index (χ1n) is 11.9. The van der Waals surface area contributed by atoms with Gasteiger partial charge in [0.15, 0.2) is 0 Å². The predicted molar refractivity (Wildman–Crippen MR) is 139 cm³/mol. The van der Waals surface area contributed by atoms with Gasteiger partial charge in [0, 0.05) is 41.6 Å². The van der Waals surface area contributed by atoms with Crippen LogP contribution in [0.4, 0.5) is 0 Å². The minimum atomic E-state index is -2.84. The Kier molecular flexibility index (Phi) is 6.91. The Hall–Kier alpha value is -2.75. The molecule has 0 saturated carbocycles. The molecule has 1 aliphatic heterocycles. The second kappa shape index (κ2) is 10.1. The van der Waals surface area contributed by atoms with Crippen molar-refractivity contribution in [3.63, 3.8) is 0 Å². The third-order valence-electron chi connectivity index (χ3n) is 6.56. The number of pyridine rings is 1. The van der Waals surface area contributed by atoms with Crippen molar-refractivity contribution in [2.24, 2.45) is 0 Å². The molecule has 3 heterocycles. The zero-order chi connectivity index (χ0) is 24.4. The average Bonchev–Trinajstić information content (AvgIpc) is 3.27. The van der Waals surface area contributed by atoms with Gasteiger partial charge in [-0.15, -0.1) is 11.3 Å². The second-order valence-corrected chi connectivity index (χ2v) is 12.5. The molecule has 184 valence electrons. The predicted octanol–water partition coefficient (Wildman–Crippen LogP) is 3.80. The third kappa shape index (κ3) is 5.91. The summed E-state index contributed by atoms with van der Waals surface area (Å²) in [5, 5.41) is 6.38. The van der Waals surface area contributed by atoms with Gasteiger partial charge in [0.05, 0.1) is 11.5 Å². The molecule has 1 aliphatic carbocycles. The number of nitrogens with zero attached hydrogens (tertiary/aromatic N) is 2. The molecule has 5 rings (SSSR count). The Morgan fingerprint density at radius 3 is 2.74 bits per heavy atom. The number of thiazole rings is 1. The first kappa shape index (κ1) is 24.0. The molecule has 2 aromatic heterocycles. The van der Waals surface area contributed by atoms with Gasteiger partial charge in [-0.1, -0.05) is 18.2 Å². The molecular formula is C26H29N3O4S2. The van der Waals surface area contributed by atoms with E-state index in [4.69, 9.17) is 4.74 Å². The highest BCUT2D eigenvalue weighted by Gasteiger charge is 2.23. The van der Waals surface area contributed by atoms with E-state index in [1.54, 1.807) is 22.1 Å². The molecule has 1 fully saturated rings. The van der Waals surface area contributed by atoms with E-state index in [-0.39, 0.29) is 23.1 Å². The van der Waals surface area contributed by atoms with E-state index in [2.05, 4.69) is 34.6 Å². The first-order valence-corrected chi connectivity index (χ1v) is 14.6. The molecule has 9 heteroatoms. The van der Waals surface area contributed by atoms with Crippen LogP contribution >= 0.6 is 11.3 Å². The molecule has 0 amide bonds. The summed E-state index contributed by atoms with van der Waals surface area (Å²) in [6.45, 7) is 3.04. The number of allylic oxidation sites excluding steroid dienone is 1. The maximum atomic E-state index is 12.8. The molecule has 0 unspecified atom stereocenters. The van der Waals surface area contributed by atoms with Gasteiger partial charge in [-0.3, -0.25) is 9.36 Å². The molecule has 0 radical (unpaired) electrons. The van der Waals surface area contributed by atoms with Crippen LogP contribution in [0.25, 0.3) is 11.8 Å². The largest absolute Gasteiger partial charge is 0.486 e. The number of fused-ring (bicyclic) bond motifs is 1. The smallest absolute Gasteiger partial charge is 0.258 e. The summed E-state index contributed by atoms with van der Waals surface area (Å²) in [6.07, 6.45) is 6.88. The highest BCUT2D eigenvalue weighted by molar-refractivity contribution is 7.91. The van der Waals surface area contributed by atoms with Crippen LogP contribution in [0, 0.1) is 6.92 Å². The number of aryl methyl sites for hydroxylation is 2. The van der Waals surface area contributed by atoms with E-state index in [0.29, 0.717) is 25.2 Å². The van der Waals surface area contributed by atoms with Gasteiger partial charge in [-0.25, -0.2) is 13.4 Å². The Morgan fingerprint density at radius 1 is 1.17 bits per heavy atom. The first-order chi connectivity index (χ1) is 16.8. The summed E-state index contributed by atoms with van der Waals surface area (Å²) in [6, 6.07) is 10.0.